The minimum absolute atomic E-state index is 0.0378. The van der Waals surface area contributed by atoms with Crippen LogP contribution in [0.3, 0.4) is 0 Å². The molecule has 1 N–H and O–H groups in total. The van der Waals surface area contributed by atoms with Gasteiger partial charge in [0, 0.05) is 44.4 Å². The van der Waals surface area contributed by atoms with Crippen LogP contribution in [-0.2, 0) is 22.6 Å². The summed E-state index contributed by atoms with van der Waals surface area (Å²) in [6.07, 6.45) is 3.29. The van der Waals surface area contributed by atoms with Crippen molar-refractivity contribution in [2.24, 2.45) is 0 Å². The van der Waals surface area contributed by atoms with Crippen molar-refractivity contribution in [2.75, 3.05) is 18.5 Å². The van der Waals surface area contributed by atoms with Crippen LogP contribution in [-0.4, -0.2) is 33.2 Å². The third-order valence-electron chi connectivity index (χ3n) is 5.04. The van der Waals surface area contributed by atoms with E-state index in [2.05, 4.69) is 37.6 Å². The third kappa shape index (κ3) is 4.32. The van der Waals surface area contributed by atoms with E-state index in [4.69, 9.17) is 4.74 Å². The van der Waals surface area contributed by atoms with Gasteiger partial charge in [0.25, 0.3) is 0 Å². The van der Waals surface area contributed by atoms with E-state index in [-0.39, 0.29) is 5.91 Å². The van der Waals surface area contributed by atoms with Crippen molar-refractivity contribution in [3.8, 4) is 0 Å². The fourth-order valence-corrected chi connectivity index (χ4v) is 3.61. The molecule has 4 rings (SSSR count). The number of aryl methyl sites for hydroxylation is 2. The summed E-state index contributed by atoms with van der Waals surface area (Å²) in [7, 11) is 0. The summed E-state index contributed by atoms with van der Waals surface area (Å²) in [5.41, 5.74) is 3.05. The van der Waals surface area contributed by atoms with Crippen molar-refractivity contribution in [1.82, 2.24) is 14.1 Å². The lowest BCUT2D eigenvalue weighted by atomic mass is 10.2. The first-order valence-electron chi connectivity index (χ1n) is 10.1. The smallest absolute Gasteiger partial charge is 0.228 e. The maximum atomic E-state index is 12.6. The molecule has 6 heteroatoms. The van der Waals surface area contributed by atoms with E-state index in [0.717, 1.165) is 29.5 Å². The number of aromatic nitrogens is 3. The van der Waals surface area contributed by atoms with Crippen molar-refractivity contribution in [1.29, 1.82) is 0 Å². The molecule has 4 aromatic rings. The number of hydrogen-bond donors (Lipinski definition) is 1. The molecule has 0 saturated carbocycles. The summed E-state index contributed by atoms with van der Waals surface area (Å²) in [6.45, 7) is 4.77. The highest BCUT2D eigenvalue weighted by Gasteiger charge is 2.13. The number of carbonyl (C=O) groups is 1. The van der Waals surface area contributed by atoms with Gasteiger partial charge in [-0.2, -0.15) is 0 Å². The van der Waals surface area contributed by atoms with Gasteiger partial charge in [-0.15, -0.1) is 0 Å². The lowest BCUT2D eigenvalue weighted by Crippen LogP contribution is -2.18. The predicted molar refractivity (Wildman–Crippen MR) is 116 cm³/mol. The lowest BCUT2D eigenvalue weighted by molar-refractivity contribution is -0.116. The number of nitrogens with zero attached hydrogens (tertiary/aromatic N) is 3. The molecule has 0 spiro atoms. The summed E-state index contributed by atoms with van der Waals surface area (Å²) in [6, 6.07) is 18.2. The maximum absolute atomic E-state index is 12.6. The fraction of sp³-hybridized carbons (Fsp3) is 0.304. The van der Waals surface area contributed by atoms with Crippen molar-refractivity contribution < 1.29 is 9.53 Å². The number of carbonyl (C=O) groups excluding carboxylic acids is 1. The highest BCUT2D eigenvalue weighted by Crippen LogP contribution is 2.21. The molecular weight excluding hydrogens is 364 g/mol. The summed E-state index contributed by atoms with van der Waals surface area (Å²) >= 11 is 0. The molecular formula is C23H26N4O2. The first kappa shape index (κ1) is 19.2. The van der Waals surface area contributed by atoms with Gasteiger partial charge in [0.1, 0.15) is 0 Å². The van der Waals surface area contributed by atoms with Crippen LogP contribution in [0, 0.1) is 0 Å². The minimum atomic E-state index is -0.0378. The van der Waals surface area contributed by atoms with Crippen molar-refractivity contribution in [3.63, 3.8) is 0 Å². The molecule has 0 aliphatic rings. The van der Waals surface area contributed by atoms with Crippen LogP contribution < -0.4 is 5.32 Å². The quantitative estimate of drug-likeness (QED) is 0.430. The van der Waals surface area contributed by atoms with Gasteiger partial charge < -0.3 is 13.9 Å². The van der Waals surface area contributed by atoms with E-state index >= 15 is 0 Å². The number of imidazole rings is 1. The molecule has 0 aliphatic heterocycles. The molecule has 29 heavy (non-hydrogen) atoms. The Morgan fingerprint density at radius 2 is 1.83 bits per heavy atom. The normalized spacial score (nSPS) is 11.3. The molecule has 6 nitrogen and oxygen atoms in total. The van der Waals surface area contributed by atoms with E-state index in [1.54, 1.807) is 0 Å². The van der Waals surface area contributed by atoms with E-state index in [0.29, 0.717) is 32.1 Å². The average Bonchev–Trinajstić information content (AvgIpc) is 3.31. The summed E-state index contributed by atoms with van der Waals surface area (Å²) in [5, 5.41) is 4.19. The largest absolute Gasteiger partial charge is 0.382 e. The zero-order chi connectivity index (χ0) is 20.1. The number of ether oxygens (including phenoxy) is 1. The number of fused-ring (bicyclic) bond motifs is 2. The van der Waals surface area contributed by atoms with Crippen LogP contribution >= 0.6 is 0 Å². The Balaban J connectivity index is 1.45. The molecule has 0 bridgehead atoms. The Kier molecular flexibility index (Phi) is 5.91. The molecule has 2 heterocycles. The van der Waals surface area contributed by atoms with E-state index in [1.807, 2.05) is 49.5 Å². The highest BCUT2D eigenvalue weighted by molar-refractivity contribution is 5.91. The number of nitrogens with one attached hydrogen (secondary N) is 1. The van der Waals surface area contributed by atoms with Crippen molar-refractivity contribution in [2.45, 2.75) is 32.9 Å². The molecule has 0 aliphatic carbocycles. The number of hydrogen-bond acceptors (Lipinski definition) is 3. The Morgan fingerprint density at radius 1 is 1.03 bits per heavy atom. The second kappa shape index (κ2) is 8.92. The third-order valence-corrected chi connectivity index (χ3v) is 5.04. The minimum Gasteiger partial charge on any atom is -0.382 e. The first-order chi connectivity index (χ1) is 14.3. The molecule has 2 aromatic carbocycles. The van der Waals surface area contributed by atoms with E-state index in [1.165, 1.54) is 5.39 Å². The van der Waals surface area contributed by atoms with Crippen LogP contribution in [0.5, 0.6) is 0 Å². The molecule has 0 unspecified atom stereocenters. The summed E-state index contributed by atoms with van der Waals surface area (Å²) < 4.78 is 9.63. The SMILES string of the molecule is CCOCCCn1c(NC(=O)CCn2ccc3ccccc32)nc2ccccc21. The van der Waals surface area contributed by atoms with Gasteiger partial charge in [-0.1, -0.05) is 30.3 Å². The second-order valence-corrected chi connectivity index (χ2v) is 6.99. The topological polar surface area (TPSA) is 61.1 Å². The molecule has 1 amide bonds. The van der Waals surface area contributed by atoms with Gasteiger partial charge in [0.05, 0.1) is 11.0 Å². The highest BCUT2D eigenvalue weighted by atomic mass is 16.5. The van der Waals surface area contributed by atoms with Gasteiger partial charge in [-0.3, -0.25) is 10.1 Å². The number of para-hydroxylation sites is 3. The second-order valence-electron chi connectivity index (χ2n) is 6.99. The Bertz CT molecular complexity index is 1110. The molecule has 150 valence electrons. The van der Waals surface area contributed by atoms with Gasteiger partial charge in [0.15, 0.2) is 0 Å². The molecule has 0 fully saturated rings. The average molecular weight is 390 g/mol. The predicted octanol–water partition coefficient (Wildman–Crippen LogP) is 4.45. The van der Waals surface area contributed by atoms with Crippen LogP contribution in [0.2, 0.25) is 0 Å². The maximum Gasteiger partial charge on any atom is 0.228 e. The Morgan fingerprint density at radius 3 is 2.69 bits per heavy atom. The first-order valence-corrected chi connectivity index (χ1v) is 10.1. The van der Waals surface area contributed by atoms with Gasteiger partial charge in [-0.05, 0) is 43.0 Å². The molecule has 2 aromatic heterocycles. The Labute approximate surface area is 170 Å². The monoisotopic (exact) mass is 390 g/mol. The summed E-state index contributed by atoms with van der Waals surface area (Å²) in [4.78, 5) is 17.3. The molecule has 0 atom stereocenters. The number of anilines is 1. The number of benzene rings is 2. The Hall–Kier alpha value is -3.12. The molecule has 0 saturated heterocycles. The van der Waals surface area contributed by atoms with Crippen molar-refractivity contribution >= 4 is 33.8 Å². The van der Waals surface area contributed by atoms with E-state index < -0.39 is 0 Å². The van der Waals surface area contributed by atoms with Crippen LogP contribution in [0.1, 0.15) is 19.8 Å². The zero-order valence-electron chi connectivity index (χ0n) is 16.7. The van der Waals surface area contributed by atoms with Gasteiger partial charge in [-0.25, -0.2) is 4.98 Å². The zero-order valence-corrected chi connectivity index (χ0v) is 16.7. The molecule has 0 radical (unpaired) electrons. The van der Waals surface area contributed by atoms with Crippen LogP contribution in [0.15, 0.2) is 60.8 Å². The standard InChI is InChI=1S/C23H26N4O2/c1-2-29-17-7-14-27-21-11-6-4-9-19(21)24-23(27)25-22(28)13-16-26-15-12-18-8-3-5-10-20(18)26/h3-6,8-12,15H,2,7,13-14,16-17H2,1H3,(H,24,25,28). The number of amides is 1. The van der Waals surface area contributed by atoms with Crippen LogP contribution in [0.4, 0.5) is 5.95 Å². The van der Waals surface area contributed by atoms with E-state index in [9.17, 15) is 4.79 Å². The van der Waals surface area contributed by atoms with Gasteiger partial charge in [0.2, 0.25) is 11.9 Å². The van der Waals surface area contributed by atoms with Gasteiger partial charge >= 0.3 is 0 Å². The van der Waals surface area contributed by atoms with Crippen molar-refractivity contribution in [3.05, 3.63) is 60.8 Å². The van der Waals surface area contributed by atoms with Crippen LogP contribution in [0.25, 0.3) is 21.9 Å². The lowest BCUT2D eigenvalue weighted by Gasteiger charge is -2.11. The summed E-state index contributed by atoms with van der Waals surface area (Å²) in [5.74, 6) is 0.564. The fourth-order valence-electron chi connectivity index (χ4n) is 3.61. The number of rotatable bonds is 9.